The molecule has 5 nitrogen and oxygen atoms in total. The third-order valence-electron chi connectivity index (χ3n) is 2.65. The van der Waals surface area contributed by atoms with Gasteiger partial charge in [-0.3, -0.25) is 0 Å². The first-order chi connectivity index (χ1) is 8.52. The molecule has 1 rings (SSSR count). The third-order valence-corrected chi connectivity index (χ3v) is 2.65. The van der Waals surface area contributed by atoms with Gasteiger partial charge < -0.3 is 21.2 Å². The number of nitrogens with zero attached hydrogens (tertiary/aromatic N) is 2. The highest BCUT2D eigenvalue weighted by Gasteiger charge is 2.03. The molecule has 0 aromatic heterocycles. The topological polar surface area (TPSA) is 73.9 Å². The molecular formula is C13H22N4O. The minimum absolute atomic E-state index is 0.135. The lowest BCUT2D eigenvalue weighted by Crippen LogP contribution is -2.35. The van der Waals surface area contributed by atoms with E-state index in [2.05, 4.69) is 36.4 Å². The first-order valence-electron chi connectivity index (χ1n) is 5.98. The van der Waals surface area contributed by atoms with E-state index < -0.39 is 0 Å². The summed E-state index contributed by atoms with van der Waals surface area (Å²) in [5.41, 5.74) is 7.40. The molecule has 0 saturated heterocycles. The maximum atomic E-state index is 8.56. The predicted molar refractivity (Wildman–Crippen MR) is 73.8 cm³/mol. The second kappa shape index (κ2) is 6.98. The number of oxime groups is 1. The van der Waals surface area contributed by atoms with Gasteiger partial charge in [-0.1, -0.05) is 29.4 Å². The van der Waals surface area contributed by atoms with Gasteiger partial charge in [0.05, 0.1) is 0 Å². The van der Waals surface area contributed by atoms with Crippen LogP contribution in [0, 0.1) is 0 Å². The number of hydrogen-bond acceptors (Lipinski definition) is 4. The van der Waals surface area contributed by atoms with Crippen LogP contribution in [0.5, 0.6) is 0 Å². The molecule has 1 unspecified atom stereocenters. The SMILES string of the molecule is CC(CN(C)C)NCc1ccc(/C(N)=N/O)cc1. The van der Waals surface area contributed by atoms with E-state index >= 15 is 0 Å². The van der Waals surface area contributed by atoms with Crippen LogP contribution in [-0.2, 0) is 6.54 Å². The molecule has 100 valence electrons. The van der Waals surface area contributed by atoms with E-state index in [0.717, 1.165) is 18.7 Å². The zero-order valence-electron chi connectivity index (χ0n) is 11.2. The molecule has 0 spiro atoms. The smallest absolute Gasteiger partial charge is 0.170 e. The van der Waals surface area contributed by atoms with Gasteiger partial charge in [0.1, 0.15) is 0 Å². The Kier molecular flexibility index (Phi) is 5.61. The maximum absolute atomic E-state index is 8.56. The highest BCUT2D eigenvalue weighted by atomic mass is 16.4. The Bertz CT molecular complexity index is 386. The van der Waals surface area contributed by atoms with Gasteiger partial charge in [-0.05, 0) is 26.6 Å². The van der Waals surface area contributed by atoms with Crippen molar-refractivity contribution in [2.75, 3.05) is 20.6 Å². The lowest BCUT2D eigenvalue weighted by molar-refractivity contribution is 0.318. The number of amidine groups is 1. The molecule has 0 aliphatic rings. The third kappa shape index (κ3) is 4.73. The summed E-state index contributed by atoms with van der Waals surface area (Å²) in [4.78, 5) is 2.15. The van der Waals surface area contributed by atoms with E-state index in [0.29, 0.717) is 6.04 Å². The van der Waals surface area contributed by atoms with Crippen molar-refractivity contribution in [3.63, 3.8) is 0 Å². The number of hydrogen-bond donors (Lipinski definition) is 3. The lowest BCUT2D eigenvalue weighted by Gasteiger charge is -2.18. The molecule has 0 saturated carbocycles. The molecule has 0 amide bonds. The van der Waals surface area contributed by atoms with E-state index in [9.17, 15) is 0 Å². The molecule has 0 fully saturated rings. The summed E-state index contributed by atoms with van der Waals surface area (Å²) in [5.74, 6) is 0.135. The van der Waals surface area contributed by atoms with Crippen LogP contribution < -0.4 is 11.1 Å². The molecule has 1 aromatic carbocycles. The van der Waals surface area contributed by atoms with Gasteiger partial charge in [0.15, 0.2) is 5.84 Å². The van der Waals surface area contributed by atoms with Crippen molar-refractivity contribution in [2.24, 2.45) is 10.9 Å². The average molecular weight is 250 g/mol. The number of rotatable bonds is 6. The van der Waals surface area contributed by atoms with Crippen LogP contribution in [0.2, 0.25) is 0 Å². The molecule has 0 aliphatic carbocycles. The number of likely N-dealkylation sites (N-methyl/N-ethyl adjacent to an activating group) is 1. The maximum Gasteiger partial charge on any atom is 0.170 e. The summed E-state index contributed by atoms with van der Waals surface area (Å²) in [6.45, 7) is 3.97. The zero-order chi connectivity index (χ0) is 13.5. The normalized spacial score (nSPS) is 13.9. The number of benzene rings is 1. The van der Waals surface area contributed by atoms with Crippen molar-refractivity contribution in [2.45, 2.75) is 19.5 Å². The fourth-order valence-electron chi connectivity index (χ4n) is 1.76. The van der Waals surface area contributed by atoms with Crippen LogP contribution in [0.25, 0.3) is 0 Å². The Morgan fingerprint density at radius 3 is 2.50 bits per heavy atom. The van der Waals surface area contributed by atoms with Crippen molar-refractivity contribution in [3.8, 4) is 0 Å². The van der Waals surface area contributed by atoms with Crippen molar-refractivity contribution in [1.29, 1.82) is 0 Å². The molecule has 0 radical (unpaired) electrons. The Hall–Kier alpha value is -1.59. The fraction of sp³-hybridized carbons (Fsp3) is 0.462. The van der Waals surface area contributed by atoms with Gasteiger partial charge in [0, 0.05) is 24.7 Å². The van der Waals surface area contributed by atoms with Crippen LogP contribution in [0.15, 0.2) is 29.4 Å². The summed E-state index contributed by atoms with van der Waals surface area (Å²) in [5, 5.41) is 15.0. The van der Waals surface area contributed by atoms with Gasteiger partial charge in [-0.25, -0.2) is 0 Å². The van der Waals surface area contributed by atoms with Crippen LogP contribution >= 0.6 is 0 Å². The second-order valence-electron chi connectivity index (χ2n) is 4.73. The standard InChI is InChI=1S/C13H22N4O/c1-10(9-17(2)3)15-8-11-4-6-12(7-5-11)13(14)16-18/h4-7,10,15,18H,8-9H2,1-3H3,(H2,14,16). The van der Waals surface area contributed by atoms with Gasteiger partial charge in [-0.2, -0.15) is 0 Å². The summed E-state index contributed by atoms with van der Waals surface area (Å²) < 4.78 is 0. The molecule has 1 aromatic rings. The van der Waals surface area contributed by atoms with Crippen LogP contribution in [0.3, 0.4) is 0 Å². The van der Waals surface area contributed by atoms with Crippen molar-refractivity contribution in [1.82, 2.24) is 10.2 Å². The van der Waals surface area contributed by atoms with Gasteiger partial charge in [-0.15, -0.1) is 0 Å². The van der Waals surface area contributed by atoms with Crippen molar-refractivity contribution >= 4 is 5.84 Å². The fourth-order valence-corrected chi connectivity index (χ4v) is 1.76. The van der Waals surface area contributed by atoms with Crippen LogP contribution in [0.1, 0.15) is 18.1 Å². The van der Waals surface area contributed by atoms with Crippen LogP contribution in [-0.4, -0.2) is 42.6 Å². The molecule has 1 atom stereocenters. The van der Waals surface area contributed by atoms with Crippen LogP contribution in [0.4, 0.5) is 0 Å². The quantitative estimate of drug-likeness (QED) is 0.302. The van der Waals surface area contributed by atoms with E-state index in [-0.39, 0.29) is 5.84 Å². The molecular weight excluding hydrogens is 228 g/mol. The number of nitrogens with two attached hydrogens (primary N) is 1. The molecule has 0 heterocycles. The van der Waals surface area contributed by atoms with E-state index in [4.69, 9.17) is 10.9 Å². The molecule has 18 heavy (non-hydrogen) atoms. The minimum Gasteiger partial charge on any atom is -0.409 e. The Morgan fingerprint density at radius 2 is 2.00 bits per heavy atom. The van der Waals surface area contributed by atoms with Gasteiger partial charge in [0.2, 0.25) is 0 Å². The highest BCUT2D eigenvalue weighted by molar-refractivity contribution is 5.96. The van der Waals surface area contributed by atoms with Crippen molar-refractivity contribution < 1.29 is 5.21 Å². The summed E-state index contributed by atoms with van der Waals surface area (Å²) >= 11 is 0. The highest BCUT2D eigenvalue weighted by Crippen LogP contribution is 2.04. The summed E-state index contributed by atoms with van der Waals surface area (Å²) in [6, 6.07) is 8.08. The Morgan fingerprint density at radius 1 is 1.39 bits per heavy atom. The Labute approximate surface area is 108 Å². The average Bonchev–Trinajstić information content (AvgIpc) is 2.35. The second-order valence-corrected chi connectivity index (χ2v) is 4.73. The first kappa shape index (κ1) is 14.5. The first-order valence-corrected chi connectivity index (χ1v) is 5.98. The summed E-state index contributed by atoms with van der Waals surface area (Å²) in [6.07, 6.45) is 0. The monoisotopic (exact) mass is 250 g/mol. The molecule has 4 N–H and O–H groups in total. The zero-order valence-corrected chi connectivity index (χ0v) is 11.2. The van der Waals surface area contributed by atoms with E-state index in [1.54, 1.807) is 0 Å². The van der Waals surface area contributed by atoms with E-state index in [1.165, 1.54) is 5.56 Å². The number of nitrogens with one attached hydrogen (secondary N) is 1. The lowest BCUT2D eigenvalue weighted by atomic mass is 10.1. The van der Waals surface area contributed by atoms with E-state index in [1.807, 2.05) is 24.3 Å². The van der Waals surface area contributed by atoms with Crippen molar-refractivity contribution in [3.05, 3.63) is 35.4 Å². The summed E-state index contributed by atoms with van der Waals surface area (Å²) in [7, 11) is 4.12. The Balaban J connectivity index is 2.49. The molecule has 0 aliphatic heterocycles. The molecule has 5 heteroatoms. The minimum atomic E-state index is 0.135. The predicted octanol–water partition coefficient (Wildman–Crippen LogP) is 0.821. The van der Waals surface area contributed by atoms with Gasteiger partial charge >= 0.3 is 0 Å². The van der Waals surface area contributed by atoms with Gasteiger partial charge in [0.25, 0.3) is 0 Å². The molecule has 0 bridgehead atoms. The largest absolute Gasteiger partial charge is 0.409 e.